The summed E-state index contributed by atoms with van der Waals surface area (Å²) in [6, 6.07) is 15.2. The third-order valence-electron chi connectivity index (χ3n) is 3.98. The average Bonchev–Trinajstić information content (AvgIpc) is 2.64. The topological polar surface area (TPSA) is 65.1 Å². The predicted molar refractivity (Wildman–Crippen MR) is 129 cm³/mol. The van der Waals surface area contributed by atoms with Gasteiger partial charge in [-0.1, -0.05) is 46.3 Å². The van der Waals surface area contributed by atoms with E-state index in [0.717, 1.165) is 10.0 Å². The van der Waals surface area contributed by atoms with E-state index >= 15 is 0 Å². The van der Waals surface area contributed by atoms with Crippen LogP contribution in [-0.2, 0) is 25.7 Å². The second-order valence-corrected chi connectivity index (χ2v) is 10.3. The van der Waals surface area contributed by atoms with Gasteiger partial charge in [0.1, 0.15) is 36.6 Å². The molecule has 0 atom stereocenters. The van der Waals surface area contributed by atoms with Crippen LogP contribution in [0.3, 0.4) is 0 Å². The zero-order valence-electron chi connectivity index (χ0n) is 19.6. The third-order valence-corrected chi connectivity index (χ3v) is 4.47. The summed E-state index contributed by atoms with van der Waals surface area (Å²) in [7, 11) is 0. The van der Waals surface area contributed by atoms with Gasteiger partial charge < -0.3 is 19.1 Å². The Morgan fingerprint density at radius 2 is 1.38 bits per heavy atom. The number of benzene rings is 2. The highest BCUT2D eigenvalue weighted by Crippen LogP contribution is 2.32. The van der Waals surface area contributed by atoms with E-state index in [9.17, 15) is 9.59 Å². The monoisotopic (exact) mass is 505 g/mol. The number of carbonyl (C=O) groups excluding carboxylic acids is 2. The molecule has 0 aliphatic rings. The Labute approximate surface area is 199 Å². The lowest BCUT2D eigenvalue weighted by molar-refractivity contribution is -0.154. The number of carbonyl (C=O) groups is 2. The molecule has 2 aromatic carbocycles. The summed E-state index contributed by atoms with van der Waals surface area (Å²) in [5.74, 6) is -0.355. The Balaban J connectivity index is 2.31. The van der Waals surface area contributed by atoms with E-state index in [4.69, 9.17) is 14.2 Å². The number of anilines is 1. The first-order chi connectivity index (χ1) is 14.8. The molecule has 0 saturated carbocycles. The summed E-state index contributed by atoms with van der Waals surface area (Å²) in [5, 5.41) is 0. The smallest absolute Gasteiger partial charge is 0.326 e. The predicted octanol–water partition coefficient (Wildman–Crippen LogP) is 5.52. The number of halogens is 1. The number of hydrogen-bond acceptors (Lipinski definition) is 6. The molecule has 0 amide bonds. The van der Waals surface area contributed by atoms with Crippen molar-refractivity contribution >= 4 is 33.6 Å². The van der Waals surface area contributed by atoms with Gasteiger partial charge in [-0.05, 0) is 65.3 Å². The van der Waals surface area contributed by atoms with Gasteiger partial charge in [-0.25, -0.2) is 0 Å². The molecule has 0 heterocycles. The van der Waals surface area contributed by atoms with Crippen molar-refractivity contribution in [2.24, 2.45) is 0 Å². The van der Waals surface area contributed by atoms with Crippen LogP contribution in [0.1, 0.15) is 47.1 Å². The van der Waals surface area contributed by atoms with E-state index in [1.54, 1.807) is 52.5 Å². The van der Waals surface area contributed by atoms with Crippen LogP contribution in [0.5, 0.6) is 5.75 Å². The van der Waals surface area contributed by atoms with Gasteiger partial charge in [0, 0.05) is 4.47 Å². The summed E-state index contributed by atoms with van der Waals surface area (Å²) in [5.41, 5.74) is 0.326. The molecular weight excluding hydrogens is 474 g/mol. The first-order valence-electron chi connectivity index (χ1n) is 10.5. The van der Waals surface area contributed by atoms with Crippen LogP contribution in [0.15, 0.2) is 53.0 Å². The summed E-state index contributed by atoms with van der Waals surface area (Å²) < 4.78 is 17.9. The standard InChI is InChI=1S/C25H32BrNO5/c1-24(2,3)31-22(28)15-27(16-23(29)32-25(4,5)6)20-13-12-19(26)14-21(20)30-17-18-10-8-7-9-11-18/h7-14H,15-17H2,1-6H3. The largest absolute Gasteiger partial charge is 0.487 e. The number of nitrogens with zero attached hydrogens (tertiary/aromatic N) is 1. The third kappa shape index (κ3) is 9.30. The first-order valence-corrected chi connectivity index (χ1v) is 11.3. The molecule has 6 nitrogen and oxygen atoms in total. The molecule has 0 bridgehead atoms. The van der Waals surface area contributed by atoms with Gasteiger partial charge in [0.05, 0.1) is 5.69 Å². The molecule has 0 unspecified atom stereocenters. The van der Waals surface area contributed by atoms with Crippen molar-refractivity contribution in [1.29, 1.82) is 0 Å². The van der Waals surface area contributed by atoms with E-state index in [-0.39, 0.29) is 13.1 Å². The van der Waals surface area contributed by atoms with Crippen molar-refractivity contribution in [3.63, 3.8) is 0 Å². The number of hydrogen-bond donors (Lipinski definition) is 0. The Hall–Kier alpha value is -2.54. The minimum absolute atomic E-state index is 0.125. The summed E-state index contributed by atoms with van der Waals surface area (Å²) in [4.78, 5) is 26.8. The van der Waals surface area contributed by atoms with Gasteiger partial charge in [-0.2, -0.15) is 0 Å². The van der Waals surface area contributed by atoms with Crippen LogP contribution in [0.4, 0.5) is 5.69 Å². The Morgan fingerprint density at radius 1 is 0.844 bits per heavy atom. The van der Waals surface area contributed by atoms with Gasteiger partial charge in [0.15, 0.2) is 0 Å². The maximum absolute atomic E-state index is 12.6. The summed E-state index contributed by atoms with van der Waals surface area (Å²) >= 11 is 3.47. The van der Waals surface area contributed by atoms with Crippen LogP contribution in [0.2, 0.25) is 0 Å². The fraction of sp³-hybridized carbons (Fsp3) is 0.440. The molecule has 0 N–H and O–H groups in total. The van der Waals surface area contributed by atoms with E-state index in [0.29, 0.717) is 18.0 Å². The van der Waals surface area contributed by atoms with E-state index in [1.165, 1.54) is 0 Å². The summed E-state index contributed by atoms with van der Waals surface area (Å²) in [6.07, 6.45) is 0. The fourth-order valence-electron chi connectivity index (χ4n) is 2.89. The molecular formula is C25H32BrNO5. The Bertz CT molecular complexity index is 886. The molecule has 174 valence electrons. The van der Waals surface area contributed by atoms with Gasteiger partial charge in [0.2, 0.25) is 0 Å². The first kappa shape index (κ1) is 25.7. The molecule has 0 aromatic heterocycles. The van der Waals surface area contributed by atoms with Gasteiger partial charge in [-0.15, -0.1) is 0 Å². The molecule has 32 heavy (non-hydrogen) atoms. The molecule has 0 saturated heterocycles. The molecule has 0 fully saturated rings. The van der Waals surface area contributed by atoms with Crippen molar-refractivity contribution in [3.05, 3.63) is 58.6 Å². The van der Waals surface area contributed by atoms with E-state index in [1.807, 2.05) is 42.5 Å². The molecule has 0 radical (unpaired) electrons. The lowest BCUT2D eigenvalue weighted by Gasteiger charge is -2.29. The van der Waals surface area contributed by atoms with Crippen molar-refractivity contribution in [2.45, 2.75) is 59.4 Å². The maximum Gasteiger partial charge on any atom is 0.326 e. The molecule has 0 aliphatic heterocycles. The molecule has 0 spiro atoms. The van der Waals surface area contributed by atoms with Gasteiger partial charge >= 0.3 is 11.9 Å². The molecule has 2 aromatic rings. The fourth-order valence-corrected chi connectivity index (χ4v) is 3.23. The highest BCUT2D eigenvalue weighted by Gasteiger charge is 2.25. The highest BCUT2D eigenvalue weighted by atomic mass is 79.9. The quantitative estimate of drug-likeness (QED) is 0.440. The van der Waals surface area contributed by atoms with Crippen molar-refractivity contribution in [1.82, 2.24) is 0 Å². The van der Waals surface area contributed by atoms with Crippen molar-refractivity contribution in [2.75, 3.05) is 18.0 Å². The molecule has 2 rings (SSSR count). The normalized spacial score (nSPS) is 11.6. The Morgan fingerprint density at radius 3 is 1.88 bits per heavy atom. The van der Waals surface area contributed by atoms with Crippen LogP contribution in [0, 0.1) is 0 Å². The molecule has 7 heteroatoms. The highest BCUT2D eigenvalue weighted by molar-refractivity contribution is 9.10. The van der Waals surface area contributed by atoms with Crippen LogP contribution >= 0.6 is 15.9 Å². The second-order valence-electron chi connectivity index (χ2n) is 9.42. The van der Waals surface area contributed by atoms with Gasteiger partial charge in [-0.3, -0.25) is 9.59 Å². The second kappa shape index (κ2) is 10.9. The number of ether oxygens (including phenoxy) is 3. The molecule has 0 aliphatic carbocycles. The van der Waals surface area contributed by atoms with E-state index < -0.39 is 23.1 Å². The van der Waals surface area contributed by atoms with Crippen LogP contribution in [-0.4, -0.2) is 36.2 Å². The van der Waals surface area contributed by atoms with Crippen molar-refractivity contribution < 1.29 is 23.8 Å². The van der Waals surface area contributed by atoms with Crippen molar-refractivity contribution in [3.8, 4) is 5.75 Å². The number of rotatable bonds is 8. The Kier molecular flexibility index (Phi) is 8.73. The summed E-state index contributed by atoms with van der Waals surface area (Å²) in [6.45, 7) is 10.9. The SMILES string of the molecule is CC(C)(C)OC(=O)CN(CC(=O)OC(C)(C)C)c1ccc(Br)cc1OCc1ccccc1. The van der Waals surface area contributed by atoms with Crippen LogP contribution in [0.25, 0.3) is 0 Å². The van der Waals surface area contributed by atoms with Gasteiger partial charge in [0.25, 0.3) is 0 Å². The minimum atomic E-state index is -0.638. The lowest BCUT2D eigenvalue weighted by Crippen LogP contribution is -2.40. The maximum atomic E-state index is 12.6. The number of esters is 2. The minimum Gasteiger partial charge on any atom is -0.487 e. The zero-order valence-corrected chi connectivity index (χ0v) is 21.2. The zero-order chi connectivity index (χ0) is 23.9. The lowest BCUT2D eigenvalue weighted by atomic mass is 10.2. The van der Waals surface area contributed by atoms with E-state index in [2.05, 4.69) is 15.9 Å². The average molecular weight is 506 g/mol. The van der Waals surface area contributed by atoms with Crippen LogP contribution < -0.4 is 9.64 Å².